The van der Waals surface area contributed by atoms with Gasteiger partial charge in [-0.3, -0.25) is 29.3 Å². The Bertz CT molecular complexity index is 1780. The standard InChI is InChI=1S/C28H26FN5O8/c1-15(35)30-27-31-23-22(24(37)32-27)33(13-17-7-6-10-19(29)11-17)28(39)34(23)25-21(41-16(2)36)12-20(42-25)14-40-26(38)18-8-4-3-5-9-18/h3-11,20-21,25H,12-14H2,1-2H3,(H2,30,31,32,35,37)/t20-,21+,25+/m0/s1. The zero-order valence-electron chi connectivity index (χ0n) is 22.5. The van der Waals surface area contributed by atoms with Crippen LogP contribution in [0.15, 0.2) is 64.2 Å². The molecule has 42 heavy (non-hydrogen) atoms. The van der Waals surface area contributed by atoms with Crippen molar-refractivity contribution in [3.05, 3.63) is 92.4 Å². The summed E-state index contributed by atoms with van der Waals surface area (Å²) in [6.07, 6.45) is -3.05. The van der Waals surface area contributed by atoms with Crippen LogP contribution < -0.4 is 16.6 Å². The molecule has 1 aliphatic rings. The van der Waals surface area contributed by atoms with Crippen molar-refractivity contribution in [2.75, 3.05) is 11.9 Å². The van der Waals surface area contributed by atoms with Crippen molar-refractivity contribution >= 4 is 35.0 Å². The fourth-order valence-corrected chi connectivity index (χ4v) is 4.80. The Morgan fingerprint density at radius 1 is 1.12 bits per heavy atom. The molecule has 2 aromatic carbocycles. The van der Waals surface area contributed by atoms with E-state index in [4.69, 9.17) is 14.2 Å². The summed E-state index contributed by atoms with van der Waals surface area (Å²) in [5, 5.41) is 2.38. The van der Waals surface area contributed by atoms with Gasteiger partial charge in [-0.05, 0) is 29.8 Å². The summed E-state index contributed by atoms with van der Waals surface area (Å²) in [5.41, 5.74) is -1.16. The molecule has 13 nitrogen and oxygen atoms in total. The van der Waals surface area contributed by atoms with Gasteiger partial charge in [0.05, 0.1) is 18.2 Å². The summed E-state index contributed by atoms with van der Waals surface area (Å²) in [7, 11) is 0. The summed E-state index contributed by atoms with van der Waals surface area (Å²) in [4.78, 5) is 69.9. The minimum Gasteiger partial charge on any atom is -0.459 e. The molecular formula is C28H26FN5O8. The molecule has 218 valence electrons. The summed E-state index contributed by atoms with van der Waals surface area (Å²) in [6.45, 7) is 1.98. The first-order valence-electron chi connectivity index (χ1n) is 12.9. The molecule has 0 unspecified atom stereocenters. The van der Waals surface area contributed by atoms with Gasteiger partial charge in [-0.1, -0.05) is 30.3 Å². The lowest BCUT2D eigenvalue weighted by Crippen LogP contribution is -2.34. The number of aromatic amines is 1. The normalized spacial score (nSPS) is 18.1. The highest BCUT2D eigenvalue weighted by atomic mass is 19.1. The number of imidazole rings is 1. The van der Waals surface area contributed by atoms with Crippen LogP contribution in [0.2, 0.25) is 0 Å². The van der Waals surface area contributed by atoms with Gasteiger partial charge in [0.2, 0.25) is 11.9 Å². The van der Waals surface area contributed by atoms with Crippen molar-refractivity contribution < 1.29 is 33.0 Å². The van der Waals surface area contributed by atoms with Gasteiger partial charge in [0, 0.05) is 20.3 Å². The first-order valence-corrected chi connectivity index (χ1v) is 12.9. The maximum atomic E-state index is 13.9. The smallest absolute Gasteiger partial charge is 0.338 e. The van der Waals surface area contributed by atoms with E-state index in [1.54, 1.807) is 36.4 Å². The summed E-state index contributed by atoms with van der Waals surface area (Å²) >= 11 is 0. The van der Waals surface area contributed by atoms with E-state index in [1.165, 1.54) is 32.0 Å². The zero-order chi connectivity index (χ0) is 30.0. The van der Waals surface area contributed by atoms with Crippen molar-refractivity contribution in [3.8, 4) is 0 Å². The Hall–Kier alpha value is -5.11. The Morgan fingerprint density at radius 2 is 1.88 bits per heavy atom. The van der Waals surface area contributed by atoms with E-state index in [0.717, 1.165) is 9.13 Å². The number of aromatic nitrogens is 4. The first-order chi connectivity index (χ1) is 20.1. The summed E-state index contributed by atoms with van der Waals surface area (Å²) in [5.74, 6) is -2.54. The lowest BCUT2D eigenvalue weighted by molar-refractivity contribution is -0.152. The van der Waals surface area contributed by atoms with Crippen LogP contribution in [0.3, 0.4) is 0 Å². The first kappa shape index (κ1) is 28.4. The number of benzene rings is 2. The number of halogens is 1. The molecule has 1 aliphatic heterocycles. The molecule has 14 heteroatoms. The number of hydrogen-bond donors (Lipinski definition) is 2. The van der Waals surface area contributed by atoms with E-state index in [-0.39, 0.29) is 36.7 Å². The number of hydrogen-bond acceptors (Lipinski definition) is 9. The Morgan fingerprint density at radius 3 is 2.57 bits per heavy atom. The number of nitrogens with one attached hydrogen (secondary N) is 2. The van der Waals surface area contributed by atoms with Gasteiger partial charge >= 0.3 is 17.6 Å². The summed E-state index contributed by atoms with van der Waals surface area (Å²) < 4.78 is 33.0. The third kappa shape index (κ3) is 5.98. The fraction of sp³-hybridized carbons (Fsp3) is 0.286. The zero-order valence-corrected chi connectivity index (χ0v) is 22.5. The molecule has 2 N–H and O–H groups in total. The van der Waals surface area contributed by atoms with E-state index < -0.39 is 53.3 Å². The second-order valence-electron chi connectivity index (χ2n) is 9.63. The van der Waals surface area contributed by atoms with Crippen molar-refractivity contribution in [2.24, 2.45) is 0 Å². The molecular weight excluding hydrogens is 553 g/mol. The maximum absolute atomic E-state index is 13.9. The second kappa shape index (κ2) is 11.8. The number of carbonyl (C=O) groups is 3. The molecule has 3 atom stereocenters. The van der Waals surface area contributed by atoms with E-state index in [2.05, 4.69) is 15.3 Å². The van der Waals surface area contributed by atoms with Crippen LogP contribution in [0.4, 0.5) is 10.3 Å². The average molecular weight is 580 g/mol. The molecule has 3 heterocycles. The highest BCUT2D eigenvalue weighted by Gasteiger charge is 2.42. The third-order valence-corrected chi connectivity index (χ3v) is 6.46. The quantitative estimate of drug-likeness (QED) is 0.298. The van der Waals surface area contributed by atoms with E-state index in [0.29, 0.717) is 11.1 Å². The summed E-state index contributed by atoms with van der Waals surface area (Å²) in [6, 6.07) is 13.8. The average Bonchev–Trinajstić information content (AvgIpc) is 3.44. The lowest BCUT2D eigenvalue weighted by Gasteiger charge is -2.19. The van der Waals surface area contributed by atoms with Gasteiger partial charge < -0.3 is 14.2 Å². The van der Waals surface area contributed by atoms with Crippen LogP contribution in [0, 0.1) is 5.82 Å². The van der Waals surface area contributed by atoms with Crippen LogP contribution in [0.25, 0.3) is 11.2 Å². The number of esters is 2. The van der Waals surface area contributed by atoms with Gasteiger partial charge in [-0.2, -0.15) is 4.98 Å². The highest BCUT2D eigenvalue weighted by Crippen LogP contribution is 2.33. The van der Waals surface area contributed by atoms with Crippen LogP contribution in [-0.4, -0.2) is 55.8 Å². The molecule has 4 aromatic rings. The molecule has 1 saturated heterocycles. The molecule has 0 aliphatic carbocycles. The molecule has 0 radical (unpaired) electrons. The van der Waals surface area contributed by atoms with Gasteiger partial charge in [0.15, 0.2) is 17.4 Å². The Labute approximate surface area is 236 Å². The topological polar surface area (TPSA) is 164 Å². The number of anilines is 1. The molecule has 0 bridgehead atoms. The molecule has 1 fully saturated rings. The van der Waals surface area contributed by atoms with Crippen molar-refractivity contribution in [2.45, 2.75) is 45.2 Å². The number of ether oxygens (including phenoxy) is 3. The van der Waals surface area contributed by atoms with Crippen molar-refractivity contribution in [1.82, 2.24) is 19.1 Å². The van der Waals surface area contributed by atoms with E-state index >= 15 is 0 Å². The van der Waals surface area contributed by atoms with E-state index in [1.807, 2.05) is 0 Å². The number of nitrogens with zero attached hydrogens (tertiary/aromatic N) is 3. The molecule has 0 spiro atoms. The number of fused-ring (bicyclic) bond motifs is 1. The molecule has 0 saturated carbocycles. The van der Waals surface area contributed by atoms with Gasteiger partial charge in [-0.15, -0.1) is 0 Å². The van der Waals surface area contributed by atoms with Gasteiger partial charge in [0.25, 0.3) is 5.56 Å². The molecule has 5 rings (SSSR count). The van der Waals surface area contributed by atoms with Crippen molar-refractivity contribution in [3.63, 3.8) is 0 Å². The highest BCUT2D eigenvalue weighted by molar-refractivity contribution is 5.89. The van der Waals surface area contributed by atoms with Crippen LogP contribution in [0.5, 0.6) is 0 Å². The minimum absolute atomic E-state index is 0.0526. The van der Waals surface area contributed by atoms with Gasteiger partial charge in [0.1, 0.15) is 18.5 Å². The number of amides is 1. The number of H-pyrrole nitrogens is 1. The fourth-order valence-electron chi connectivity index (χ4n) is 4.80. The largest absolute Gasteiger partial charge is 0.459 e. The number of carbonyl (C=O) groups excluding carboxylic acids is 3. The Kier molecular flexibility index (Phi) is 7.97. The van der Waals surface area contributed by atoms with Crippen LogP contribution in [-0.2, 0) is 30.3 Å². The predicted molar refractivity (Wildman–Crippen MR) is 145 cm³/mol. The van der Waals surface area contributed by atoms with E-state index in [9.17, 15) is 28.4 Å². The molecule has 1 amide bonds. The SMILES string of the molecule is CC(=O)Nc1nc2c(c(=O)[nH]1)n(Cc1cccc(F)c1)c(=O)n2[C@@H]1O[C@H](COC(=O)c2ccccc2)C[C@H]1OC(C)=O. The monoisotopic (exact) mass is 579 g/mol. The van der Waals surface area contributed by atoms with Crippen molar-refractivity contribution in [1.29, 1.82) is 0 Å². The number of rotatable bonds is 8. The third-order valence-electron chi connectivity index (χ3n) is 6.46. The van der Waals surface area contributed by atoms with Crippen LogP contribution in [0.1, 0.15) is 42.4 Å². The predicted octanol–water partition coefficient (Wildman–Crippen LogP) is 2.11. The van der Waals surface area contributed by atoms with Gasteiger partial charge in [-0.25, -0.2) is 18.5 Å². The maximum Gasteiger partial charge on any atom is 0.338 e. The second-order valence-corrected chi connectivity index (χ2v) is 9.63. The lowest BCUT2D eigenvalue weighted by atomic mass is 10.2. The molecule has 2 aromatic heterocycles. The Balaban J connectivity index is 1.56. The minimum atomic E-state index is -1.28. The van der Waals surface area contributed by atoms with Crippen LogP contribution >= 0.6 is 0 Å².